The molecule has 0 spiro atoms. The second-order valence-corrected chi connectivity index (χ2v) is 14.5. The first-order valence-corrected chi connectivity index (χ1v) is 17.8. The summed E-state index contributed by atoms with van der Waals surface area (Å²) in [7, 11) is 1.90. The Morgan fingerprint density at radius 3 is 2.69 bits per heavy atom. The highest BCUT2D eigenvalue weighted by Crippen LogP contribution is 2.41. The number of fused-ring (bicyclic) bond motifs is 2. The van der Waals surface area contributed by atoms with E-state index in [2.05, 4.69) is 55.1 Å². The number of benzene rings is 1. The molecule has 1 saturated heterocycles. The average Bonchev–Trinajstić information content (AvgIpc) is 3.79. The summed E-state index contributed by atoms with van der Waals surface area (Å²) in [5.74, 6) is 0.543. The normalized spacial score (nSPS) is 21.3. The van der Waals surface area contributed by atoms with E-state index in [0.717, 1.165) is 82.6 Å². The molecule has 2 amide bonds. The number of piperidine rings is 1. The molecule has 8 rings (SSSR count). The van der Waals surface area contributed by atoms with E-state index >= 15 is 0 Å². The lowest BCUT2D eigenvalue weighted by Gasteiger charge is -2.35. The van der Waals surface area contributed by atoms with E-state index in [4.69, 9.17) is 4.98 Å². The third kappa shape index (κ3) is 6.20. The Balaban J connectivity index is 0.881. The first-order chi connectivity index (χ1) is 23.9. The summed E-state index contributed by atoms with van der Waals surface area (Å²) < 4.78 is 1.80. The van der Waals surface area contributed by atoms with Crippen LogP contribution in [0.5, 0.6) is 0 Å². The van der Waals surface area contributed by atoms with Gasteiger partial charge in [0.1, 0.15) is 11.1 Å². The molecule has 6 heterocycles. The number of hydrogen-bond acceptors (Lipinski definition) is 10. The second-order valence-electron chi connectivity index (χ2n) is 13.5. The molecule has 1 aromatic carbocycles. The van der Waals surface area contributed by atoms with Gasteiger partial charge in [0.25, 0.3) is 0 Å². The van der Waals surface area contributed by atoms with Gasteiger partial charge in [-0.05, 0) is 85.4 Å². The Bertz CT molecular complexity index is 2110. The number of amides is 2. The lowest BCUT2D eigenvalue weighted by Crippen LogP contribution is -2.39. The minimum absolute atomic E-state index is 0.166. The van der Waals surface area contributed by atoms with Gasteiger partial charge in [-0.3, -0.25) is 24.8 Å². The van der Waals surface area contributed by atoms with Crippen LogP contribution in [0.2, 0.25) is 0 Å². The van der Waals surface area contributed by atoms with Crippen molar-refractivity contribution >= 4 is 34.4 Å². The second kappa shape index (κ2) is 13.1. The maximum Gasteiger partial charge on any atom is 0.234 e. The molecule has 2 fully saturated rings. The Morgan fingerprint density at radius 2 is 1.88 bits per heavy atom. The van der Waals surface area contributed by atoms with Gasteiger partial charge in [0, 0.05) is 50.9 Å². The van der Waals surface area contributed by atoms with Gasteiger partial charge < -0.3 is 5.32 Å². The Labute approximate surface area is 288 Å². The molecular weight excluding hydrogens is 635 g/mol. The molecule has 3 aliphatic rings. The van der Waals surface area contributed by atoms with Crippen LogP contribution >= 0.6 is 11.3 Å². The van der Waals surface area contributed by atoms with Crippen molar-refractivity contribution in [2.24, 2.45) is 5.92 Å². The molecular formula is C37H37N9O2S. The number of carbonyl (C=O) groups is 2. The van der Waals surface area contributed by atoms with Crippen LogP contribution in [0.4, 0.5) is 5.69 Å². The number of nitriles is 1. The maximum absolute atomic E-state index is 12.4. The molecule has 1 atom stereocenters. The average molecular weight is 672 g/mol. The molecule has 0 unspecified atom stereocenters. The van der Waals surface area contributed by atoms with Gasteiger partial charge >= 0.3 is 0 Å². The first kappa shape index (κ1) is 31.3. The summed E-state index contributed by atoms with van der Waals surface area (Å²) in [4.78, 5) is 31.3. The molecule has 12 heteroatoms. The highest BCUT2D eigenvalue weighted by Gasteiger charge is 2.30. The third-order valence-corrected chi connectivity index (χ3v) is 11.5. The predicted molar refractivity (Wildman–Crippen MR) is 187 cm³/mol. The van der Waals surface area contributed by atoms with Crippen LogP contribution < -0.4 is 10.6 Å². The van der Waals surface area contributed by atoms with Gasteiger partial charge in [0.2, 0.25) is 11.8 Å². The monoisotopic (exact) mass is 671 g/mol. The summed E-state index contributed by atoms with van der Waals surface area (Å²) >= 11 is 1.67. The van der Waals surface area contributed by atoms with Crippen molar-refractivity contribution in [3.63, 3.8) is 0 Å². The Kier molecular flexibility index (Phi) is 8.39. The zero-order valence-corrected chi connectivity index (χ0v) is 28.2. The number of rotatable bonds is 7. The molecule has 0 radical (unpaired) electrons. The molecule has 2 N–H and O–H groups in total. The largest absolute Gasteiger partial charge is 0.387 e. The highest BCUT2D eigenvalue weighted by molar-refractivity contribution is 7.14. The van der Waals surface area contributed by atoms with Crippen molar-refractivity contribution in [3.8, 4) is 28.0 Å². The molecule has 248 valence electrons. The molecule has 2 aliphatic heterocycles. The van der Waals surface area contributed by atoms with Crippen LogP contribution in [-0.2, 0) is 22.6 Å². The van der Waals surface area contributed by atoms with Gasteiger partial charge in [-0.1, -0.05) is 29.5 Å². The summed E-state index contributed by atoms with van der Waals surface area (Å²) in [6.45, 7) is 3.09. The van der Waals surface area contributed by atoms with Gasteiger partial charge in [-0.25, -0.2) is 4.52 Å². The van der Waals surface area contributed by atoms with Gasteiger partial charge in [-0.2, -0.15) is 10.4 Å². The summed E-state index contributed by atoms with van der Waals surface area (Å²) in [6, 6.07) is 16.4. The predicted octanol–water partition coefficient (Wildman–Crippen LogP) is 5.68. The quantitative estimate of drug-likeness (QED) is 0.209. The lowest BCUT2D eigenvalue weighted by molar-refractivity contribution is -0.134. The molecule has 5 aromatic rings. The molecule has 0 bridgehead atoms. The van der Waals surface area contributed by atoms with E-state index in [-0.39, 0.29) is 17.7 Å². The van der Waals surface area contributed by atoms with Crippen molar-refractivity contribution in [1.82, 2.24) is 35.0 Å². The zero-order valence-electron chi connectivity index (χ0n) is 27.4. The van der Waals surface area contributed by atoms with Crippen molar-refractivity contribution in [3.05, 3.63) is 82.1 Å². The van der Waals surface area contributed by atoms with Gasteiger partial charge in [0.05, 0.1) is 40.1 Å². The van der Waals surface area contributed by atoms with E-state index in [1.165, 1.54) is 24.0 Å². The number of pyridine rings is 1. The van der Waals surface area contributed by atoms with Gasteiger partial charge in [0.15, 0.2) is 5.01 Å². The van der Waals surface area contributed by atoms with Crippen LogP contribution in [0.25, 0.3) is 27.5 Å². The van der Waals surface area contributed by atoms with Crippen LogP contribution in [0, 0.1) is 17.2 Å². The highest BCUT2D eigenvalue weighted by atomic mass is 32.1. The van der Waals surface area contributed by atoms with Crippen molar-refractivity contribution < 1.29 is 9.59 Å². The Morgan fingerprint density at radius 1 is 1.00 bits per heavy atom. The summed E-state index contributed by atoms with van der Waals surface area (Å²) in [5, 5.41) is 30.7. The fourth-order valence-electron chi connectivity index (χ4n) is 7.71. The van der Waals surface area contributed by atoms with Crippen molar-refractivity contribution in [2.45, 2.75) is 63.3 Å². The smallest absolute Gasteiger partial charge is 0.234 e. The number of nitrogens with zero attached hydrogens (tertiary/aromatic N) is 7. The third-order valence-electron chi connectivity index (χ3n) is 10.4. The number of hydrogen-bond donors (Lipinski definition) is 2. The SMILES string of the molecule is CNc1cc(-c2ccc3cc(C#N)cnn23)ncc1-c1nnc(C2CCC(CN3CCc4cc([C@H]5CCC(=O)NC5=O)ccc4C3)CC2)s1. The molecule has 4 aromatic heterocycles. The topological polar surface area (TPSA) is 141 Å². The summed E-state index contributed by atoms with van der Waals surface area (Å²) in [6.07, 6.45) is 10.0. The van der Waals surface area contributed by atoms with E-state index in [1.54, 1.807) is 22.0 Å². The number of anilines is 1. The van der Waals surface area contributed by atoms with E-state index in [0.29, 0.717) is 30.2 Å². The molecule has 49 heavy (non-hydrogen) atoms. The zero-order chi connectivity index (χ0) is 33.5. The van der Waals surface area contributed by atoms with E-state index in [1.807, 2.05) is 37.5 Å². The van der Waals surface area contributed by atoms with Crippen LogP contribution in [0.3, 0.4) is 0 Å². The number of carbonyl (C=O) groups excluding carboxylic acids is 2. The van der Waals surface area contributed by atoms with Crippen molar-refractivity contribution in [2.75, 3.05) is 25.5 Å². The molecule has 11 nitrogen and oxygen atoms in total. The van der Waals surface area contributed by atoms with Gasteiger partial charge in [-0.15, -0.1) is 10.2 Å². The fourth-order valence-corrected chi connectivity index (χ4v) is 8.74. The van der Waals surface area contributed by atoms with Crippen LogP contribution in [0.1, 0.15) is 77.6 Å². The summed E-state index contributed by atoms with van der Waals surface area (Å²) in [5.41, 5.74) is 8.58. The molecule has 1 saturated carbocycles. The van der Waals surface area contributed by atoms with E-state index in [9.17, 15) is 14.9 Å². The molecule has 1 aliphatic carbocycles. The maximum atomic E-state index is 12.4. The standard InChI is InChI=1S/C37H37N9O2S/c1-39-31-16-32(33-10-8-28-14-23(17-38)18-41-46(28)33)40-19-30(31)37-44-43-36(49-37)24-4-2-22(3-5-24)20-45-13-12-25-15-26(6-7-27(25)21-45)29-9-11-34(47)42-35(29)48/h6-8,10,14-16,18-19,22,24,29H,2-5,9,11-13,20-21H2,1H3,(H,39,40)(H,42,47,48)/t22?,24?,29-/m1/s1. The van der Waals surface area contributed by atoms with E-state index < -0.39 is 0 Å². The minimum Gasteiger partial charge on any atom is -0.387 e. The minimum atomic E-state index is -0.224. The first-order valence-electron chi connectivity index (χ1n) is 17.0. The Hall–Kier alpha value is -4.99. The number of nitrogens with one attached hydrogen (secondary N) is 2. The van der Waals surface area contributed by atoms with Crippen LogP contribution in [-0.4, -0.2) is 61.6 Å². The lowest BCUT2D eigenvalue weighted by atomic mass is 9.81. The van der Waals surface area contributed by atoms with Crippen LogP contribution in [0.15, 0.2) is 54.9 Å². The van der Waals surface area contributed by atoms with Crippen molar-refractivity contribution in [1.29, 1.82) is 5.26 Å². The number of imide groups is 1. The number of aromatic nitrogens is 5. The fraction of sp³-hybridized carbons (Fsp3) is 0.378.